The van der Waals surface area contributed by atoms with Crippen LogP contribution in [0.1, 0.15) is 13.8 Å². The first-order valence-electron chi connectivity index (χ1n) is 4.03. The van der Waals surface area contributed by atoms with E-state index in [2.05, 4.69) is 4.98 Å². The number of nitrogens with zero attached hydrogens (tertiary/aromatic N) is 1. The third-order valence-electron chi connectivity index (χ3n) is 1.51. The quantitative estimate of drug-likeness (QED) is 0.803. The van der Waals surface area contributed by atoms with Crippen molar-refractivity contribution in [3.63, 3.8) is 0 Å². The van der Waals surface area contributed by atoms with E-state index in [1.807, 2.05) is 0 Å². The van der Waals surface area contributed by atoms with Gasteiger partial charge in [-0.1, -0.05) is 5.57 Å². The zero-order chi connectivity index (χ0) is 10.8. The highest BCUT2D eigenvalue weighted by molar-refractivity contribution is 7.94. The minimum absolute atomic E-state index is 0.0567. The van der Waals surface area contributed by atoms with Gasteiger partial charge in [0.05, 0.1) is 5.69 Å². The normalized spacial score (nSPS) is 11.0. The largest absolute Gasteiger partial charge is 0.398 e. The van der Waals surface area contributed by atoms with Crippen molar-refractivity contribution in [2.75, 3.05) is 5.73 Å². The molecule has 0 aliphatic rings. The van der Waals surface area contributed by atoms with E-state index in [1.54, 1.807) is 13.8 Å². The van der Waals surface area contributed by atoms with Crippen LogP contribution in [0.3, 0.4) is 0 Å². The fourth-order valence-corrected chi connectivity index (χ4v) is 2.35. The topological polar surface area (TPSA) is 73.0 Å². The van der Waals surface area contributed by atoms with Crippen molar-refractivity contribution in [1.29, 1.82) is 0 Å². The van der Waals surface area contributed by atoms with E-state index in [0.29, 0.717) is 5.57 Å². The lowest BCUT2D eigenvalue weighted by Crippen LogP contribution is -2.02. The highest BCUT2D eigenvalue weighted by Crippen LogP contribution is 2.19. The zero-order valence-electron chi connectivity index (χ0n) is 8.06. The molecular formula is C9H12N2O2S. The molecule has 0 spiro atoms. The number of hydrogen-bond donors (Lipinski definition) is 1. The number of nitrogen functional groups attached to an aromatic ring is 1. The summed E-state index contributed by atoms with van der Waals surface area (Å²) in [5.74, 6) is 0. The van der Waals surface area contributed by atoms with Gasteiger partial charge in [-0.15, -0.1) is 0 Å². The van der Waals surface area contributed by atoms with E-state index in [0.717, 1.165) is 0 Å². The molecule has 0 aromatic carbocycles. The summed E-state index contributed by atoms with van der Waals surface area (Å²) in [5, 5.41) is 1.18. The Morgan fingerprint density at radius 2 is 2.14 bits per heavy atom. The van der Waals surface area contributed by atoms with E-state index >= 15 is 0 Å². The standard InChI is InChI=1S/C9H12N2O2S/c1-7(2)6-14(12,13)9-5-11-4-3-8(9)10/h3-6H,1-2H3,(H2,10,11). The smallest absolute Gasteiger partial charge is 0.203 e. The number of anilines is 1. The Balaban J connectivity index is 3.32. The van der Waals surface area contributed by atoms with Gasteiger partial charge in [0.1, 0.15) is 4.90 Å². The van der Waals surface area contributed by atoms with Gasteiger partial charge in [0, 0.05) is 17.8 Å². The van der Waals surface area contributed by atoms with Crippen LogP contribution in [-0.2, 0) is 9.84 Å². The molecule has 14 heavy (non-hydrogen) atoms. The lowest BCUT2D eigenvalue weighted by Gasteiger charge is -2.02. The first-order chi connectivity index (χ1) is 6.43. The Hall–Kier alpha value is -1.36. The number of nitrogens with two attached hydrogens (primary N) is 1. The predicted molar refractivity (Wildman–Crippen MR) is 55.3 cm³/mol. The van der Waals surface area contributed by atoms with Crippen LogP contribution in [0.2, 0.25) is 0 Å². The summed E-state index contributed by atoms with van der Waals surface area (Å²) in [6.07, 6.45) is 2.71. The van der Waals surface area contributed by atoms with Crippen molar-refractivity contribution in [1.82, 2.24) is 4.98 Å². The minimum Gasteiger partial charge on any atom is -0.398 e. The minimum atomic E-state index is -3.44. The van der Waals surface area contributed by atoms with E-state index in [1.165, 1.54) is 23.9 Å². The number of rotatable bonds is 2. The molecule has 5 heteroatoms. The summed E-state index contributed by atoms with van der Waals surface area (Å²) in [6.45, 7) is 3.42. The van der Waals surface area contributed by atoms with Gasteiger partial charge in [-0.05, 0) is 19.9 Å². The van der Waals surface area contributed by atoms with Gasteiger partial charge in [0.2, 0.25) is 9.84 Å². The maximum atomic E-state index is 11.7. The SMILES string of the molecule is CC(C)=CS(=O)(=O)c1cnccc1N. The van der Waals surface area contributed by atoms with Crippen LogP contribution in [0, 0.1) is 0 Å². The van der Waals surface area contributed by atoms with Crippen molar-refractivity contribution in [2.45, 2.75) is 18.7 Å². The van der Waals surface area contributed by atoms with Crippen LogP contribution < -0.4 is 5.73 Å². The number of aromatic nitrogens is 1. The summed E-state index contributed by atoms with van der Waals surface area (Å²) >= 11 is 0. The third-order valence-corrected chi connectivity index (χ3v) is 3.25. The van der Waals surface area contributed by atoms with Gasteiger partial charge in [-0.3, -0.25) is 4.98 Å². The molecule has 76 valence electrons. The molecule has 0 unspecified atom stereocenters. The molecule has 1 aromatic heterocycles. The number of pyridine rings is 1. The Kier molecular flexibility index (Phi) is 2.90. The summed E-state index contributed by atoms with van der Waals surface area (Å²) in [6, 6.07) is 1.46. The number of sulfone groups is 1. The van der Waals surface area contributed by atoms with Crippen molar-refractivity contribution in [3.05, 3.63) is 29.4 Å². The van der Waals surface area contributed by atoms with Crippen LogP contribution in [0.25, 0.3) is 0 Å². The van der Waals surface area contributed by atoms with Gasteiger partial charge in [-0.25, -0.2) is 8.42 Å². The monoisotopic (exact) mass is 212 g/mol. The Morgan fingerprint density at radius 1 is 1.50 bits per heavy atom. The lowest BCUT2D eigenvalue weighted by atomic mass is 10.4. The second-order valence-electron chi connectivity index (χ2n) is 3.15. The van der Waals surface area contributed by atoms with Gasteiger partial charge < -0.3 is 5.73 Å². The predicted octanol–water partition coefficient (Wildman–Crippen LogP) is 1.36. The molecule has 0 bridgehead atoms. The summed E-state index contributed by atoms with van der Waals surface area (Å²) in [5.41, 5.74) is 6.46. The van der Waals surface area contributed by atoms with Crippen molar-refractivity contribution < 1.29 is 8.42 Å². The fraction of sp³-hybridized carbons (Fsp3) is 0.222. The van der Waals surface area contributed by atoms with Crippen molar-refractivity contribution >= 4 is 15.5 Å². The molecule has 1 aromatic rings. The van der Waals surface area contributed by atoms with Gasteiger partial charge in [0.15, 0.2) is 0 Å². The molecule has 0 atom stereocenters. The molecule has 1 rings (SSSR count). The van der Waals surface area contributed by atoms with Gasteiger partial charge in [-0.2, -0.15) is 0 Å². The molecule has 2 N–H and O–H groups in total. The van der Waals surface area contributed by atoms with Crippen LogP contribution in [0.4, 0.5) is 5.69 Å². The number of hydrogen-bond acceptors (Lipinski definition) is 4. The second-order valence-corrected chi connectivity index (χ2v) is 4.92. The molecule has 0 radical (unpaired) electrons. The molecular weight excluding hydrogens is 200 g/mol. The highest BCUT2D eigenvalue weighted by atomic mass is 32.2. The average molecular weight is 212 g/mol. The van der Waals surface area contributed by atoms with Gasteiger partial charge in [0.25, 0.3) is 0 Å². The van der Waals surface area contributed by atoms with E-state index in [9.17, 15) is 8.42 Å². The van der Waals surface area contributed by atoms with Crippen LogP contribution in [0.5, 0.6) is 0 Å². The van der Waals surface area contributed by atoms with Crippen LogP contribution in [-0.4, -0.2) is 13.4 Å². The van der Waals surface area contributed by atoms with E-state index in [4.69, 9.17) is 5.73 Å². The molecule has 1 heterocycles. The Bertz CT molecular complexity index is 459. The highest BCUT2D eigenvalue weighted by Gasteiger charge is 2.14. The molecule has 4 nitrogen and oxygen atoms in total. The zero-order valence-corrected chi connectivity index (χ0v) is 8.88. The third kappa shape index (κ3) is 2.32. The van der Waals surface area contributed by atoms with Crippen LogP contribution >= 0.6 is 0 Å². The van der Waals surface area contributed by atoms with Crippen molar-refractivity contribution in [3.8, 4) is 0 Å². The molecule has 0 saturated heterocycles. The summed E-state index contributed by atoms with van der Waals surface area (Å²) in [7, 11) is -3.44. The summed E-state index contributed by atoms with van der Waals surface area (Å²) in [4.78, 5) is 3.79. The van der Waals surface area contributed by atoms with E-state index < -0.39 is 9.84 Å². The van der Waals surface area contributed by atoms with E-state index in [-0.39, 0.29) is 10.6 Å². The first-order valence-corrected chi connectivity index (χ1v) is 5.57. The summed E-state index contributed by atoms with van der Waals surface area (Å²) < 4.78 is 23.3. The van der Waals surface area contributed by atoms with Gasteiger partial charge >= 0.3 is 0 Å². The maximum absolute atomic E-state index is 11.7. The fourth-order valence-electron chi connectivity index (χ4n) is 1.00. The van der Waals surface area contributed by atoms with Crippen LogP contribution in [0.15, 0.2) is 34.3 Å². The molecule has 0 saturated carbocycles. The molecule has 0 aliphatic heterocycles. The Labute approximate surface area is 83.4 Å². The molecule has 0 aliphatic carbocycles. The van der Waals surface area contributed by atoms with Crippen molar-refractivity contribution in [2.24, 2.45) is 0 Å². The molecule has 0 fully saturated rings. The lowest BCUT2D eigenvalue weighted by molar-refractivity contribution is 0.604. The maximum Gasteiger partial charge on any atom is 0.203 e. The average Bonchev–Trinajstić information content (AvgIpc) is 2.02. The first kappa shape index (κ1) is 10.7. The number of allylic oxidation sites excluding steroid dienone is 1. The Morgan fingerprint density at radius 3 is 2.64 bits per heavy atom. The molecule has 0 amide bonds. The second kappa shape index (κ2) is 3.79.